The number of fused-ring (bicyclic) bond motifs is 1. The number of ether oxygens (including phenoxy) is 1. The van der Waals surface area contributed by atoms with Gasteiger partial charge in [0.25, 0.3) is 0 Å². The first-order valence-corrected chi connectivity index (χ1v) is 17.5. The van der Waals surface area contributed by atoms with E-state index in [4.69, 9.17) is 15.1 Å². The van der Waals surface area contributed by atoms with Gasteiger partial charge in [0.2, 0.25) is 5.13 Å². The number of nitrogens with zero attached hydrogens (tertiary/aromatic N) is 7. The molecule has 0 spiro atoms. The first kappa shape index (κ1) is 28.6. The third-order valence-electron chi connectivity index (χ3n) is 6.15. The Labute approximate surface area is 235 Å². The van der Waals surface area contributed by atoms with E-state index >= 15 is 0 Å². The SMILES string of the molecule is CN=CC(C(=N)c1ccncc1)c1cnc2ccc(N(COCC[Si](C)(C)C)c3nnc(C(C)C)s3)nc2c1. The van der Waals surface area contributed by atoms with E-state index in [9.17, 15) is 0 Å². The maximum absolute atomic E-state index is 8.83. The predicted octanol–water partition coefficient (Wildman–Crippen LogP) is 6.30. The Morgan fingerprint density at radius 2 is 1.90 bits per heavy atom. The molecule has 1 unspecified atom stereocenters. The second kappa shape index (κ2) is 12.6. The molecule has 1 atom stereocenters. The molecule has 0 radical (unpaired) electrons. The molecule has 11 heteroatoms. The number of hydrogen-bond acceptors (Lipinski definition) is 10. The fourth-order valence-electron chi connectivity index (χ4n) is 3.84. The van der Waals surface area contributed by atoms with E-state index in [1.807, 2.05) is 35.2 Å². The van der Waals surface area contributed by atoms with Crippen molar-refractivity contribution >= 4 is 53.3 Å². The molecule has 0 bridgehead atoms. The minimum Gasteiger partial charge on any atom is -0.361 e. The van der Waals surface area contributed by atoms with Crippen molar-refractivity contribution < 1.29 is 4.74 Å². The summed E-state index contributed by atoms with van der Waals surface area (Å²) < 4.78 is 6.13. The number of aromatic nitrogens is 5. The van der Waals surface area contributed by atoms with Crippen LogP contribution in [-0.2, 0) is 4.74 Å². The Balaban J connectivity index is 1.68. The summed E-state index contributed by atoms with van der Waals surface area (Å²) in [6.07, 6.45) is 6.94. The summed E-state index contributed by atoms with van der Waals surface area (Å²) in [6.45, 7) is 12.3. The summed E-state index contributed by atoms with van der Waals surface area (Å²) in [4.78, 5) is 19.9. The second-order valence-corrected chi connectivity index (χ2v) is 17.5. The normalized spacial score (nSPS) is 12.9. The topological polar surface area (TPSA) is 113 Å². The van der Waals surface area contributed by atoms with Crippen LogP contribution in [0, 0.1) is 5.41 Å². The van der Waals surface area contributed by atoms with E-state index in [1.165, 1.54) is 0 Å². The van der Waals surface area contributed by atoms with Crippen molar-refractivity contribution in [3.63, 3.8) is 0 Å². The first-order chi connectivity index (χ1) is 18.7. The quantitative estimate of drug-likeness (QED) is 0.0936. The van der Waals surface area contributed by atoms with Crippen LogP contribution >= 0.6 is 11.3 Å². The molecule has 0 aliphatic rings. The zero-order chi connectivity index (χ0) is 28.0. The third kappa shape index (κ3) is 7.37. The van der Waals surface area contributed by atoms with E-state index in [0.717, 1.165) is 38.3 Å². The van der Waals surface area contributed by atoms with Crippen LogP contribution in [0.25, 0.3) is 11.0 Å². The van der Waals surface area contributed by atoms with E-state index in [-0.39, 0.29) is 11.8 Å². The molecule has 9 nitrogen and oxygen atoms in total. The Morgan fingerprint density at radius 3 is 2.56 bits per heavy atom. The molecular formula is C28H36N8OSSi. The first-order valence-electron chi connectivity index (χ1n) is 13.0. The summed E-state index contributed by atoms with van der Waals surface area (Å²) in [5.74, 6) is 0.637. The number of anilines is 2. The highest BCUT2D eigenvalue weighted by Gasteiger charge is 2.21. The molecule has 1 N–H and O–H groups in total. The van der Waals surface area contributed by atoms with Crippen molar-refractivity contribution in [2.45, 2.75) is 51.4 Å². The summed E-state index contributed by atoms with van der Waals surface area (Å²) in [7, 11) is 0.496. The van der Waals surface area contributed by atoms with Crippen LogP contribution in [0.4, 0.5) is 10.9 Å². The Hall–Kier alpha value is -3.41. The number of pyridine rings is 3. The van der Waals surface area contributed by atoms with E-state index < -0.39 is 8.07 Å². The van der Waals surface area contributed by atoms with Gasteiger partial charge in [0.1, 0.15) is 17.6 Å². The Bertz CT molecular complexity index is 1430. The molecule has 4 heterocycles. The predicted molar refractivity (Wildman–Crippen MR) is 163 cm³/mol. The summed E-state index contributed by atoms with van der Waals surface area (Å²) in [5, 5.41) is 19.4. The summed E-state index contributed by atoms with van der Waals surface area (Å²) in [5.41, 5.74) is 3.55. The van der Waals surface area contributed by atoms with Crippen molar-refractivity contribution in [2.24, 2.45) is 4.99 Å². The highest BCUT2D eigenvalue weighted by atomic mass is 32.1. The van der Waals surface area contributed by atoms with Gasteiger partial charge in [0, 0.05) is 52.5 Å². The van der Waals surface area contributed by atoms with Crippen molar-refractivity contribution in [3.8, 4) is 0 Å². The monoisotopic (exact) mass is 560 g/mol. The average Bonchev–Trinajstić information content (AvgIpc) is 3.41. The molecule has 4 aromatic rings. The second-order valence-electron chi connectivity index (χ2n) is 10.9. The largest absolute Gasteiger partial charge is 0.361 e. The van der Waals surface area contributed by atoms with Crippen LogP contribution < -0.4 is 4.90 Å². The van der Waals surface area contributed by atoms with Gasteiger partial charge in [-0.2, -0.15) is 0 Å². The molecule has 204 valence electrons. The van der Waals surface area contributed by atoms with Gasteiger partial charge in [-0.05, 0) is 47.5 Å². The van der Waals surface area contributed by atoms with Gasteiger partial charge in [-0.15, -0.1) is 10.2 Å². The standard InChI is InChI=1S/C28H36N8OSSi/c1-19(2)27-34-35-28(38-27)36(18-37-13-14-39(4,5)6)25-8-7-23-24(33-25)15-21(16-32-23)22(17-30-3)26(29)20-9-11-31-12-10-20/h7-12,15-17,19,22,29H,13-14,18H2,1-6H3. The van der Waals surface area contributed by atoms with Crippen molar-refractivity contribution in [1.29, 1.82) is 5.41 Å². The van der Waals surface area contributed by atoms with Gasteiger partial charge >= 0.3 is 0 Å². The van der Waals surface area contributed by atoms with Gasteiger partial charge in [-0.1, -0.05) is 44.8 Å². The molecule has 0 aliphatic heterocycles. The number of aliphatic imine (C=N–C) groups is 1. The van der Waals surface area contributed by atoms with Crippen LogP contribution in [0.15, 0.2) is 53.9 Å². The molecule has 0 aliphatic carbocycles. The fourth-order valence-corrected chi connectivity index (χ4v) is 5.44. The van der Waals surface area contributed by atoms with Crippen LogP contribution in [0.1, 0.15) is 41.8 Å². The van der Waals surface area contributed by atoms with Crippen molar-refractivity contribution in [1.82, 2.24) is 25.1 Å². The highest BCUT2D eigenvalue weighted by molar-refractivity contribution is 7.15. The molecular weight excluding hydrogens is 525 g/mol. The molecule has 4 rings (SSSR count). The molecule has 4 aromatic heterocycles. The minimum atomic E-state index is -1.22. The Morgan fingerprint density at radius 1 is 1.13 bits per heavy atom. The van der Waals surface area contributed by atoms with Crippen molar-refractivity contribution in [2.75, 3.05) is 25.3 Å². The van der Waals surface area contributed by atoms with Gasteiger partial charge in [-0.3, -0.25) is 19.9 Å². The van der Waals surface area contributed by atoms with E-state index in [0.29, 0.717) is 24.9 Å². The molecule has 39 heavy (non-hydrogen) atoms. The number of hydrogen-bond donors (Lipinski definition) is 1. The maximum atomic E-state index is 8.83. The molecule has 0 aromatic carbocycles. The number of nitrogens with one attached hydrogen (secondary N) is 1. The maximum Gasteiger partial charge on any atom is 0.215 e. The van der Waals surface area contributed by atoms with Gasteiger partial charge in [0.05, 0.1) is 22.7 Å². The molecule has 0 fully saturated rings. The lowest BCUT2D eigenvalue weighted by Crippen LogP contribution is -2.26. The number of rotatable bonds is 12. The Kier molecular flexibility index (Phi) is 9.26. The lowest BCUT2D eigenvalue weighted by atomic mass is 9.92. The summed E-state index contributed by atoms with van der Waals surface area (Å²) >= 11 is 1.56. The smallest absolute Gasteiger partial charge is 0.215 e. The van der Waals surface area contributed by atoms with E-state index in [2.05, 4.69) is 58.6 Å². The third-order valence-corrected chi connectivity index (χ3v) is 9.10. The average molecular weight is 561 g/mol. The van der Waals surface area contributed by atoms with Crippen molar-refractivity contribution in [3.05, 3.63) is 65.1 Å². The van der Waals surface area contributed by atoms with Gasteiger partial charge in [0.15, 0.2) is 0 Å². The summed E-state index contributed by atoms with van der Waals surface area (Å²) in [6, 6.07) is 10.6. The van der Waals surface area contributed by atoms with Gasteiger partial charge < -0.3 is 10.1 Å². The lowest BCUT2D eigenvalue weighted by molar-refractivity contribution is 0.153. The zero-order valence-corrected chi connectivity index (χ0v) is 25.2. The van der Waals surface area contributed by atoms with Crippen LogP contribution in [0.3, 0.4) is 0 Å². The molecule has 0 saturated carbocycles. The lowest BCUT2D eigenvalue weighted by Gasteiger charge is -2.22. The van der Waals surface area contributed by atoms with Gasteiger partial charge in [-0.25, -0.2) is 4.98 Å². The molecule has 0 amide bonds. The van der Waals surface area contributed by atoms with E-state index in [1.54, 1.807) is 43.2 Å². The van der Waals surface area contributed by atoms with Crippen LogP contribution in [-0.4, -0.2) is 65.5 Å². The van der Waals surface area contributed by atoms with Crippen LogP contribution in [0.5, 0.6) is 0 Å². The molecule has 0 saturated heterocycles. The zero-order valence-electron chi connectivity index (χ0n) is 23.4. The minimum absolute atomic E-state index is 0.287. The van der Waals surface area contributed by atoms with Crippen LogP contribution in [0.2, 0.25) is 25.7 Å². The fraction of sp³-hybridized carbons (Fsp3) is 0.393. The highest BCUT2D eigenvalue weighted by Crippen LogP contribution is 2.31.